The van der Waals surface area contributed by atoms with Crippen molar-refractivity contribution in [1.82, 2.24) is 5.32 Å². The largest absolute Gasteiger partial charge is 0.480 e. The number of amides is 1. The van der Waals surface area contributed by atoms with Gasteiger partial charge in [-0.15, -0.1) is 17.9 Å². The standard InChI is InChI=1S/C10H10BrNO3S/c1-2-3-6(10(14)15)12-9(13)7-4-5-8(11)16-7/h2,4-6H,1,3H2,(H,12,13)(H,14,15). The van der Waals surface area contributed by atoms with E-state index < -0.39 is 12.0 Å². The Hall–Kier alpha value is -1.14. The van der Waals surface area contributed by atoms with Gasteiger partial charge in [0.25, 0.3) is 5.91 Å². The molecule has 1 rings (SSSR count). The van der Waals surface area contributed by atoms with Crippen LogP contribution in [0.2, 0.25) is 0 Å². The molecule has 0 saturated carbocycles. The van der Waals surface area contributed by atoms with E-state index in [1.165, 1.54) is 17.4 Å². The van der Waals surface area contributed by atoms with E-state index in [1.54, 1.807) is 12.1 Å². The minimum Gasteiger partial charge on any atom is -0.480 e. The molecule has 1 aromatic rings. The minimum absolute atomic E-state index is 0.202. The van der Waals surface area contributed by atoms with E-state index in [4.69, 9.17) is 5.11 Å². The van der Waals surface area contributed by atoms with E-state index in [2.05, 4.69) is 27.8 Å². The van der Waals surface area contributed by atoms with E-state index in [0.717, 1.165) is 3.79 Å². The third kappa shape index (κ3) is 3.46. The Labute approximate surface area is 105 Å². The molecule has 0 aliphatic carbocycles. The van der Waals surface area contributed by atoms with Gasteiger partial charge in [-0.1, -0.05) is 6.08 Å². The molecule has 0 spiro atoms. The number of carboxylic acid groups (broad SMARTS) is 1. The van der Waals surface area contributed by atoms with Crippen LogP contribution in [0.5, 0.6) is 0 Å². The van der Waals surface area contributed by atoms with Crippen molar-refractivity contribution in [3.63, 3.8) is 0 Å². The maximum atomic E-state index is 11.6. The first-order valence-electron chi connectivity index (χ1n) is 4.44. The zero-order valence-electron chi connectivity index (χ0n) is 8.27. The van der Waals surface area contributed by atoms with Gasteiger partial charge in [0.2, 0.25) is 0 Å². The van der Waals surface area contributed by atoms with Crippen LogP contribution in [0.4, 0.5) is 0 Å². The summed E-state index contributed by atoms with van der Waals surface area (Å²) in [4.78, 5) is 22.9. The van der Waals surface area contributed by atoms with E-state index in [0.29, 0.717) is 4.88 Å². The topological polar surface area (TPSA) is 66.4 Å². The molecular weight excluding hydrogens is 294 g/mol. The van der Waals surface area contributed by atoms with Gasteiger partial charge in [0, 0.05) is 0 Å². The Morgan fingerprint density at radius 3 is 2.75 bits per heavy atom. The van der Waals surface area contributed by atoms with Crippen LogP contribution >= 0.6 is 27.3 Å². The monoisotopic (exact) mass is 303 g/mol. The summed E-state index contributed by atoms with van der Waals surface area (Å²) in [6, 6.07) is 2.45. The normalized spacial score (nSPS) is 11.8. The lowest BCUT2D eigenvalue weighted by Gasteiger charge is -2.11. The van der Waals surface area contributed by atoms with Crippen molar-refractivity contribution in [1.29, 1.82) is 0 Å². The van der Waals surface area contributed by atoms with Gasteiger partial charge in [0.05, 0.1) is 8.66 Å². The van der Waals surface area contributed by atoms with Crippen molar-refractivity contribution in [3.05, 3.63) is 33.5 Å². The van der Waals surface area contributed by atoms with E-state index in [-0.39, 0.29) is 12.3 Å². The van der Waals surface area contributed by atoms with E-state index in [1.807, 2.05) is 0 Å². The summed E-state index contributed by atoms with van der Waals surface area (Å²) in [6.45, 7) is 3.45. The predicted molar refractivity (Wildman–Crippen MR) is 65.7 cm³/mol. The highest BCUT2D eigenvalue weighted by Crippen LogP contribution is 2.21. The van der Waals surface area contributed by atoms with Crippen LogP contribution < -0.4 is 5.32 Å². The molecule has 0 radical (unpaired) electrons. The maximum absolute atomic E-state index is 11.6. The Kier molecular flexibility index (Phi) is 4.70. The molecule has 1 unspecified atom stereocenters. The van der Waals surface area contributed by atoms with Crippen molar-refractivity contribution in [2.75, 3.05) is 0 Å². The van der Waals surface area contributed by atoms with Gasteiger partial charge >= 0.3 is 5.97 Å². The van der Waals surface area contributed by atoms with Crippen LogP contribution in [-0.4, -0.2) is 23.0 Å². The molecule has 1 heterocycles. The smallest absolute Gasteiger partial charge is 0.326 e. The minimum atomic E-state index is -1.07. The third-order valence-corrected chi connectivity index (χ3v) is 3.43. The molecule has 1 amide bonds. The Balaban J connectivity index is 2.68. The summed E-state index contributed by atoms with van der Waals surface area (Å²) in [6.07, 6.45) is 1.66. The van der Waals surface area contributed by atoms with Gasteiger partial charge < -0.3 is 10.4 Å². The number of aliphatic carboxylic acids is 1. The molecule has 6 heteroatoms. The lowest BCUT2D eigenvalue weighted by Crippen LogP contribution is -2.40. The Morgan fingerprint density at radius 1 is 1.62 bits per heavy atom. The predicted octanol–water partition coefficient (Wildman–Crippen LogP) is 2.27. The maximum Gasteiger partial charge on any atom is 0.326 e. The van der Waals surface area contributed by atoms with Crippen LogP contribution in [-0.2, 0) is 4.79 Å². The number of carbonyl (C=O) groups excluding carboxylic acids is 1. The number of carbonyl (C=O) groups is 2. The number of thiophene rings is 1. The number of hydrogen-bond acceptors (Lipinski definition) is 3. The zero-order chi connectivity index (χ0) is 12.1. The van der Waals surface area contributed by atoms with Crippen molar-refractivity contribution in [3.8, 4) is 0 Å². The number of carboxylic acids is 1. The molecule has 1 atom stereocenters. The Morgan fingerprint density at radius 2 is 2.31 bits per heavy atom. The lowest BCUT2D eigenvalue weighted by molar-refractivity contribution is -0.139. The van der Waals surface area contributed by atoms with Gasteiger partial charge in [-0.25, -0.2) is 4.79 Å². The number of nitrogens with one attached hydrogen (secondary N) is 1. The number of halogens is 1. The second-order valence-corrected chi connectivity index (χ2v) is 5.46. The quantitative estimate of drug-likeness (QED) is 0.820. The van der Waals surface area contributed by atoms with Crippen LogP contribution in [0.1, 0.15) is 16.1 Å². The number of hydrogen-bond donors (Lipinski definition) is 2. The molecule has 0 bridgehead atoms. The molecule has 0 aromatic carbocycles. The second-order valence-electron chi connectivity index (χ2n) is 2.99. The highest BCUT2D eigenvalue weighted by atomic mass is 79.9. The third-order valence-electron chi connectivity index (χ3n) is 1.80. The zero-order valence-corrected chi connectivity index (χ0v) is 10.7. The van der Waals surface area contributed by atoms with Gasteiger partial charge in [-0.3, -0.25) is 4.79 Å². The summed E-state index contributed by atoms with van der Waals surface area (Å²) in [5.74, 6) is -1.45. The highest BCUT2D eigenvalue weighted by Gasteiger charge is 2.19. The van der Waals surface area contributed by atoms with Crippen LogP contribution in [0.15, 0.2) is 28.6 Å². The van der Waals surface area contributed by atoms with Crippen LogP contribution in [0, 0.1) is 0 Å². The van der Waals surface area contributed by atoms with E-state index in [9.17, 15) is 9.59 Å². The van der Waals surface area contributed by atoms with Crippen LogP contribution in [0.25, 0.3) is 0 Å². The van der Waals surface area contributed by atoms with Gasteiger partial charge in [0.15, 0.2) is 0 Å². The molecule has 0 aliphatic heterocycles. The molecule has 4 nitrogen and oxygen atoms in total. The first kappa shape index (κ1) is 12.9. The molecular formula is C10H10BrNO3S. The molecule has 1 aromatic heterocycles. The van der Waals surface area contributed by atoms with Crippen molar-refractivity contribution in [2.45, 2.75) is 12.5 Å². The fourth-order valence-electron chi connectivity index (χ4n) is 1.05. The van der Waals surface area contributed by atoms with Crippen LogP contribution in [0.3, 0.4) is 0 Å². The average Bonchev–Trinajstić information content (AvgIpc) is 2.64. The first-order chi connectivity index (χ1) is 7.54. The fourth-order valence-corrected chi connectivity index (χ4v) is 2.34. The van der Waals surface area contributed by atoms with Gasteiger partial charge in [0.1, 0.15) is 6.04 Å². The summed E-state index contributed by atoms with van der Waals surface area (Å²) in [7, 11) is 0. The molecule has 16 heavy (non-hydrogen) atoms. The summed E-state index contributed by atoms with van der Waals surface area (Å²) < 4.78 is 0.827. The number of rotatable bonds is 5. The molecule has 86 valence electrons. The lowest BCUT2D eigenvalue weighted by atomic mass is 10.2. The first-order valence-corrected chi connectivity index (χ1v) is 6.05. The molecule has 0 fully saturated rings. The molecule has 2 N–H and O–H groups in total. The summed E-state index contributed by atoms with van der Waals surface area (Å²) in [5, 5.41) is 11.3. The molecule has 0 saturated heterocycles. The summed E-state index contributed by atoms with van der Waals surface area (Å²) >= 11 is 4.49. The molecule has 0 aliphatic rings. The van der Waals surface area contributed by atoms with Gasteiger partial charge in [-0.05, 0) is 34.5 Å². The highest BCUT2D eigenvalue weighted by molar-refractivity contribution is 9.11. The fraction of sp³-hybridized carbons (Fsp3) is 0.200. The van der Waals surface area contributed by atoms with Crippen molar-refractivity contribution < 1.29 is 14.7 Å². The Bertz CT molecular complexity index is 416. The summed E-state index contributed by atoms with van der Waals surface area (Å²) in [5.41, 5.74) is 0. The average molecular weight is 304 g/mol. The van der Waals surface area contributed by atoms with Gasteiger partial charge in [-0.2, -0.15) is 0 Å². The van der Waals surface area contributed by atoms with Crippen molar-refractivity contribution >= 4 is 39.1 Å². The van der Waals surface area contributed by atoms with E-state index >= 15 is 0 Å². The SMILES string of the molecule is C=CCC(NC(=O)c1ccc(Br)s1)C(=O)O. The second kappa shape index (κ2) is 5.81. The van der Waals surface area contributed by atoms with Crippen molar-refractivity contribution in [2.24, 2.45) is 0 Å².